The predicted molar refractivity (Wildman–Crippen MR) is 67.1 cm³/mol. The Morgan fingerprint density at radius 2 is 1.95 bits per heavy atom. The molecule has 0 fully saturated rings. The first-order valence-electron chi connectivity index (χ1n) is 5.22. The summed E-state index contributed by atoms with van der Waals surface area (Å²) in [5.74, 6) is -1.52. The number of aromatic nitrogens is 1. The summed E-state index contributed by atoms with van der Waals surface area (Å²) in [5, 5.41) is 18.6. The second kappa shape index (κ2) is 5.43. The number of benzene rings is 1. The maximum atomic E-state index is 13.7. The van der Waals surface area contributed by atoms with E-state index < -0.39 is 17.7 Å². The molecule has 1 N–H and O–H groups in total. The van der Waals surface area contributed by atoms with E-state index in [1.165, 1.54) is 18.2 Å². The number of rotatable bonds is 2. The number of nitriles is 1. The zero-order valence-electron chi connectivity index (χ0n) is 9.44. The summed E-state index contributed by atoms with van der Waals surface area (Å²) in [7, 11) is 0. The highest BCUT2D eigenvalue weighted by atomic mass is 79.9. The number of aliphatic hydroxyl groups is 1. The summed E-state index contributed by atoms with van der Waals surface area (Å²) in [5.41, 5.74) is -0.294. The van der Waals surface area contributed by atoms with Crippen LogP contribution in [0.2, 0.25) is 0 Å². The van der Waals surface area contributed by atoms with Crippen molar-refractivity contribution >= 4 is 15.9 Å². The lowest BCUT2D eigenvalue weighted by Crippen LogP contribution is -2.08. The second-order valence-corrected chi connectivity index (χ2v) is 4.56. The molecule has 1 atom stereocenters. The fraction of sp³-hybridized carbons (Fsp3) is 0.0769. The number of halogens is 3. The minimum absolute atomic E-state index is 0.121. The van der Waals surface area contributed by atoms with Crippen molar-refractivity contribution < 1.29 is 13.9 Å². The molecular weight excluding hydrogens is 318 g/mol. The third-order valence-electron chi connectivity index (χ3n) is 2.52. The Hall–Kier alpha value is -1.84. The highest BCUT2D eigenvalue weighted by Crippen LogP contribution is 2.26. The van der Waals surface area contributed by atoms with Crippen molar-refractivity contribution in [1.82, 2.24) is 4.98 Å². The van der Waals surface area contributed by atoms with Crippen molar-refractivity contribution in [3.8, 4) is 6.07 Å². The molecule has 0 bridgehead atoms. The van der Waals surface area contributed by atoms with Gasteiger partial charge < -0.3 is 5.11 Å². The van der Waals surface area contributed by atoms with Gasteiger partial charge in [-0.3, -0.25) is 0 Å². The molecular formula is C13H7BrF2N2O. The summed E-state index contributed by atoms with van der Waals surface area (Å²) < 4.78 is 27.6. The first-order valence-corrected chi connectivity index (χ1v) is 6.02. The molecule has 19 heavy (non-hydrogen) atoms. The van der Waals surface area contributed by atoms with Gasteiger partial charge in [0.05, 0.1) is 11.6 Å². The topological polar surface area (TPSA) is 56.9 Å². The summed E-state index contributed by atoms with van der Waals surface area (Å²) in [6.07, 6.45) is -1.54. The molecule has 1 aromatic carbocycles. The quantitative estimate of drug-likeness (QED) is 0.864. The number of nitrogens with zero attached hydrogens (tertiary/aromatic N) is 2. The van der Waals surface area contributed by atoms with E-state index >= 15 is 0 Å². The molecule has 6 heteroatoms. The Bertz CT molecular complexity index is 670. The Balaban J connectivity index is 2.47. The molecule has 1 heterocycles. The molecule has 1 aromatic heterocycles. The van der Waals surface area contributed by atoms with E-state index in [-0.39, 0.29) is 16.8 Å². The van der Waals surface area contributed by atoms with Crippen molar-refractivity contribution in [3.05, 3.63) is 63.4 Å². The molecule has 3 nitrogen and oxygen atoms in total. The van der Waals surface area contributed by atoms with Crippen LogP contribution in [0.4, 0.5) is 8.78 Å². The summed E-state index contributed by atoms with van der Waals surface area (Å²) in [6.45, 7) is 0. The van der Waals surface area contributed by atoms with Crippen molar-refractivity contribution in [2.75, 3.05) is 0 Å². The molecule has 0 saturated heterocycles. The lowest BCUT2D eigenvalue weighted by Gasteiger charge is -2.12. The number of hydrogen-bond donors (Lipinski definition) is 1. The van der Waals surface area contributed by atoms with Gasteiger partial charge in [0.1, 0.15) is 28.0 Å². The van der Waals surface area contributed by atoms with E-state index in [2.05, 4.69) is 20.9 Å². The van der Waals surface area contributed by atoms with Gasteiger partial charge in [-0.1, -0.05) is 6.07 Å². The van der Waals surface area contributed by atoms with Gasteiger partial charge in [0.25, 0.3) is 0 Å². The normalized spacial score (nSPS) is 11.9. The van der Waals surface area contributed by atoms with E-state index in [1.54, 1.807) is 6.07 Å². The largest absolute Gasteiger partial charge is 0.382 e. The standard InChI is InChI=1S/C13H7BrF2N2O/c14-11-4-3-9(15)12(18-11)13(19)8-2-1-7(6-17)5-10(8)16/h1-5,13,19H. The van der Waals surface area contributed by atoms with Gasteiger partial charge in [0, 0.05) is 5.56 Å². The molecule has 0 spiro atoms. The average Bonchev–Trinajstić information content (AvgIpc) is 2.40. The number of hydrogen-bond acceptors (Lipinski definition) is 3. The molecule has 96 valence electrons. The van der Waals surface area contributed by atoms with E-state index in [4.69, 9.17) is 5.26 Å². The van der Waals surface area contributed by atoms with Gasteiger partial charge in [-0.15, -0.1) is 0 Å². The van der Waals surface area contributed by atoms with Crippen LogP contribution in [0, 0.1) is 23.0 Å². The maximum Gasteiger partial charge on any atom is 0.147 e. The van der Waals surface area contributed by atoms with Gasteiger partial charge in [-0.25, -0.2) is 13.8 Å². The summed E-state index contributed by atoms with van der Waals surface area (Å²) >= 11 is 3.05. The first kappa shape index (κ1) is 13.6. The fourth-order valence-electron chi connectivity index (χ4n) is 1.59. The highest BCUT2D eigenvalue weighted by molar-refractivity contribution is 9.10. The molecule has 0 amide bonds. The van der Waals surface area contributed by atoms with Crippen LogP contribution in [0.3, 0.4) is 0 Å². The third-order valence-corrected chi connectivity index (χ3v) is 2.96. The smallest absolute Gasteiger partial charge is 0.147 e. The molecule has 0 radical (unpaired) electrons. The van der Waals surface area contributed by atoms with E-state index in [0.29, 0.717) is 4.60 Å². The lowest BCUT2D eigenvalue weighted by molar-refractivity contribution is 0.204. The molecule has 0 aliphatic rings. The number of aliphatic hydroxyl groups excluding tert-OH is 1. The molecule has 0 saturated carbocycles. The van der Waals surface area contributed by atoms with E-state index in [9.17, 15) is 13.9 Å². The minimum atomic E-state index is -1.54. The van der Waals surface area contributed by atoms with Crippen molar-refractivity contribution in [2.45, 2.75) is 6.10 Å². The van der Waals surface area contributed by atoms with Gasteiger partial charge in [-0.05, 0) is 40.2 Å². The van der Waals surface area contributed by atoms with E-state index in [0.717, 1.165) is 12.1 Å². The average molecular weight is 325 g/mol. The zero-order valence-corrected chi connectivity index (χ0v) is 11.0. The van der Waals surface area contributed by atoms with Gasteiger partial charge >= 0.3 is 0 Å². The Kier molecular flexibility index (Phi) is 3.88. The Labute approximate surface area is 116 Å². The molecule has 0 aliphatic heterocycles. The Morgan fingerprint density at radius 3 is 2.58 bits per heavy atom. The third kappa shape index (κ3) is 2.78. The van der Waals surface area contributed by atoms with Crippen molar-refractivity contribution in [1.29, 1.82) is 5.26 Å². The summed E-state index contributed by atoms with van der Waals surface area (Å²) in [6, 6.07) is 7.84. The van der Waals surface area contributed by atoms with E-state index in [1.807, 2.05) is 0 Å². The van der Waals surface area contributed by atoms with Crippen LogP contribution < -0.4 is 0 Å². The maximum absolute atomic E-state index is 13.7. The molecule has 2 rings (SSSR count). The van der Waals surface area contributed by atoms with Crippen LogP contribution in [0.15, 0.2) is 34.9 Å². The predicted octanol–water partition coefficient (Wildman–Crippen LogP) is 3.08. The lowest BCUT2D eigenvalue weighted by atomic mass is 10.0. The van der Waals surface area contributed by atoms with Crippen molar-refractivity contribution in [3.63, 3.8) is 0 Å². The fourth-order valence-corrected chi connectivity index (χ4v) is 1.91. The van der Waals surface area contributed by atoms with Gasteiger partial charge in [0.2, 0.25) is 0 Å². The minimum Gasteiger partial charge on any atom is -0.382 e. The van der Waals surface area contributed by atoms with Crippen LogP contribution >= 0.6 is 15.9 Å². The molecule has 0 aliphatic carbocycles. The first-order chi connectivity index (χ1) is 9.02. The van der Waals surface area contributed by atoms with Crippen molar-refractivity contribution in [2.24, 2.45) is 0 Å². The SMILES string of the molecule is N#Cc1ccc(C(O)c2nc(Br)ccc2F)c(F)c1. The number of pyridine rings is 1. The van der Waals surface area contributed by atoms with Gasteiger partial charge in [0.15, 0.2) is 0 Å². The van der Waals surface area contributed by atoms with Gasteiger partial charge in [-0.2, -0.15) is 5.26 Å². The van der Waals surface area contributed by atoms with Crippen LogP contribution in [0.5, 0.6) is 0 Å². The van der Waals surface area contributed by atoms with Crippen LogP contribution in [-0.2, 0) is 0 Å². The van der Waals surface area contributed by atoms with Crippen LogP contribution in [-0.4, -0.2) is 10.1 Å². The molecule has 1 unspecified atom stereocenters. The Morgan fingerprint density at radius 1 is 1.21 bits per heavy atom. The molecule has 2 aromatic rings. The zero-order chi connectivity index (χ0) is 14.0. The van der Waals surface area contributed by atoms with Crippen LogP contribution in [0.1, 0.15) is 22.9 Å². The monoisotopic (exact) mass is 324 g/mol. The second-order valence-electron chi connectivity index (χ2n) is 3.75. The summed E-state index contributed by atoms with van der Waals surface area (Å²) in [4.78, 5) is 3.79. The van der Waals surface area contributed by atoms with Crippen LogP contribution in [0.25, 0.3) is 0 Å². The highest BCUT2D eigenvalue weighted by Gasteiger charge is 2.20.